The fourth-order valence-electron chi connectivity index (χ4n) is 1.93. The molecule has 1 atom stereocenters. The van der Waals surface area contributed by atoms with Gasteiger partial charge in [0.2, 0.25) is 0 Å². The molecule has 0 aliphatic heterocycles. The highest BCUT2D eigenvalue weighted by Gasteiger charge is 2.24. The number of carbonyl (C=O) groups excluding carboxylic acids is 1. The average molecular weight is 263 g/mol. The molecule has 2 N–H and O–H groups in total. The first-order chi connectivity index (χ1) is 8.73. The van der Waals surface area contributed by atoms with E-state index in [4.69, 9.17) is 10.5 Å². The number of benzene rings is 1. The van der Waals surface area contributed by atoms with E-state index >= 15 is 0 Å². The van der Waals surface area contributed by atoms with Gasteiger partial charge < -0.3 is 10.5 Å². The molecule has 106 valence electrons. The molecule has 19 heavy (non-hydrogen) atoms. The summed E-state index contributed by atoms with van der Waals surface area (Å²) in [4.78, 5) is 12.1. The molecule has 0 spiro atoms. The molecule has 0 bridgehead atoms. The van der Waals surface area contributed by atoms with Crippen LogP contribution in [0.2, 0.25) is 0 Å². The molecule has 0 amide bonds. The van der Waals surface area contributed by atoms with Crippen LogP contribution in [0.3, 0.4) is 0 Å². The first-order valence-corrected chi connectivity index (χ1v) is 6.72. The Morgan fingerprint density at radius 3 is 2.47 bits per heavy atom. The summed E-state index contributed by atoms with van der Waals surface area (Å²) in [5.41, 5.74) is 8.81. The quantitative estimate of drug-likeness (QED) is 0.850. The Labute approximate surface area is 116 Å². The zero-order chi connectivity index (χ0) is 14.6. The summed E-state index contributed by atoms with van der Waals surface area (Å²) < 4.78 is 5.41. The number of hydrogen-bond acceptors (Lipinski definition) is 3. The fraction of sp³-hybridized carbons (Fsp3) is 0.562. The fourth-order valence-corrected chi connectivity index (χ4v) is 1.93. The highest BCUT2D eigenvalue weighted by molar-refractivity contribution is 5.73. The molecule has 0 heterocycles. The summed E-state index contributed by atoms with van der Waals surface area (Å²) in [5.74, 6) is -0.490. The normalized spacial score (nSPS) is 13.2. The molecule has 1 unspecified atom stereocenters. The smallest absolute Gasteiger partial charge is 0.311 e. The lowest BCUT2D eigenvalue weighted by Gasteiger charge is -2.23. The maximum atomic E-state index is 12.1. The molecule has 1 aromatic rings. The monoisotopic (exact) mass is 263 g/mol. The number of carbonyl (C=O) groups is 1. The lowest BCUT2D eigenvalue weighted by atomic mass is 9.94. The molecule has 0 aliphatic carbocycles. The highest BCUT2D eigenvalue weighted by Crippen LogP contribution is 2.18. The predicted octanol–water partition coefficient (Wildman–Crippen LogP) is 2.76. The molecule has 0 saturated carbocycles. The zero-order valence-electron chi connectivity index (χ0n) is 12.6. The van der Waals surface area contributed by atoms with Crippen molar-refractivity contribution in [3.8, 4) is 0 Å². The Hall–Kier alpha value is -1.35. The summed E-state index contributed by atoms with van der Waals surface area (Å²) in [7, 11) is 0. The Morgan fingerprint density at radius 2 is 1.95 bits per heavy atom. The van der Waals surface area contributed by atoms with E-state index in [1.54, 1.807) is 0 Å². The van der Waals surface area contributed by atoms with Gasteiger partial charge >= 0.3 is 5.97 Å². The second kappa shape index (κ2) is 6.20. The van der Waals surface area contributed by atoms with E-state index in [9.17, 15) is 4.79 Å². The van der Waals surface area contributed by atoms with Gasteiger partial charge in [-0.25, -0.2) is 0 Å². The third kappa shape index (κ3) is 5.03. The average Bonchev–Trinajstić information content (AvgIpc) is 2.27. The summed E-state index contributed by atoms with van der Waals surface area (Å²) in [6.45, 7) is 10.0. The predicted molar refractivity (Wildman–Crippen MR) is 78.0 cm³/mol. The molecule has 0 fully saturated rings. The van der Waals surface area contributed by atoms with Crippen molar-refractivity contribution in [3.05, 3.63) is 34.9 Å². The van der Waals surface area contributed by atoms with Gasteiger partial charge in [-0.05, 0) is 52.2 Å². The van der Waals surface area contributed by atoms with Gasteiger partial charge in [-0.2, -0.15) is 0 Å². The zero-order valence-corrected chi connectivity index (χ0v) is 12.6. The SMILES string of the molecule is Cc1ccc(C)c(CC(CN)C(=O)OC(C)(C)C)c1. The lowest BCUT2D eigenvalue weighted by Crippen LogP contribution is -2.33. The van der Waals surface area contributed by atoms with Gasteiger partial charge in [-0.15, -0.1) is 0 Å². The van der Waals surface area contributed by atoms with Crippen LogP contribution >= 0.6 is 0 Å². The minimum atomic E-state index is -0.466. The molecule has 0 radical (unpaired) electrons. The van der Waals surface area contributed by atoms with Gasteiger partial charge in [0.15, 0.2) is 0 Å². The summed E-state index contributed by atoms with van der Waals surface area (Å²) >= 11 is 0. The van der Waals surface area contributed by atoms with Gasteiger partial charge in [0.1, 0.15) is 5.60 Å². The van der Waals surface area contributed by atoms with Crippen molar-refractivity contribution in [2.24, 2.45) is 11.7 Å². The van der Waals surface area contributed by atoms with Crippen LogP contribution in [0.4, 0.5) is 0 Å². The van der Waals surface area contributed by atoms with Crippen molar-refractivity contribution in [1.29, 1.82) is 0 Å². The van der Waals surface area contributed by atoms with Gasteiger partial charge in [0.05, 0.1) is 5.92 Å². The number of rotatable bonds is 4. The number of esters is 1. The third-order valence-electron chi connectivity index (χ3n) is 3.00. The van der Waals surface area contributed by atoms with Gasteiger partial charge in [0, 0.05) is 6.54 Å². The van der Waals surface area contributed by atoms with Gasteiger partial charge in [0.25, 0.3) is 0 Å². The van der Waals surface area contributed by atoms with E-state index in [0.717, 1.165) is 0 Å². The molecule has 0 aromatic heterocycles. The van der Waals surface area contributed by atoms with Crippen molar-refractivity contribution >= 4 is 5.97 Å². The highest BCUT2D eigenvalue weighted by atomic mass is 16.6. The molecular weight excluding hydrogens is 238 g/mol. The second-order valence-electron chi connectivity index (χ2n) is 6.10. The van der Waals surface area contributed by atoms with E-state index in [1.807, 2.05) is 27.7 Å². The van der Waals surface area contributed by atoms with E-state index in [0.29, 0.717) is 13.0 Å². The van der Waals surface area contributed by atoms with E-state index < -0.39 is 5.60 Å². The van der Waals surface area contributed by atoms with Crippen LogP contribution in [0.15, 0.2) is 18.2 Å². The van der Waals surface area contributed by atoms with Crippen molar-refractivity contribution in [1.82, 2.24) is 0 Å². The molecule has 3 nitrogen and oxygen atoms in total. The molecule has 3 heteroatoms. The molecule has 0 saturated heterocycles. The van der Waals surface area contributed by atoms with Crippen LogP contribution < -0.4 is 5.73 Å². The second-order valence-corrected chi connectivity index (χ2v) is 6.10. The number of ether oxygens (including phenoxy) is 1. The Bertz CT molecular complexity index is 447. The first kappa shape index (κ1) is 15.7. The third-order valence-corrected chi connectivity index (χ3v) is 3.00. The molecule has 1 aromatic carbocycles. The summed E-state index contributed by atoms with van der Waals surface area (Å²) in [6.07, 6.45) is 0.638. The van der Waals surface area contributed by atoms with Crippen LogP contribution in [0.25, 0.3) is 0 Å². The van der Waals surface area contributed by atoms with E-state index in [1.165, 1.54) is 16.7 Å². The number of nitrogens with two attached hydrogens (primary N) is 1. The summed E-state index contributed by atoms with van der Waals surface area (Å²) in [5, 5.41) is 0. The lowest BCUT2D eigenvalue weighted by molar-refractivity contribution is -0.159. The number of aryl methyl sites for hydroxylation is 2. The number of hydrogen-bond donors (Lipinski definition) is 1. The largest absolute Gasteiger partial charge is 0.460 e. The maximum Gasteiger partial charge on any atom is 0.311 e. The Morgan fingerprint density at radius 1 is 1.32 bits per heavy atom. The van der Waals surface area contributed by atoms with Crippen LogP contribution in [-0.4, -0.2) is 18.1 Å². The van der Waals surface area contributed by atoms with Crippen LogP contribution in [-0.2, 0) is 16.0 Å². The van der Waals surface area contributed by atoms with Crippen molar-refractivity contribution in [2.75, 3.05) is 6.54 Å². The van der Waals surface area contributed by atoms with Crippen molar-refractivity contribution in [2.45, 2.75) is 46.6 Å². The van der Waals surface area contributed by atoms with E-state index in [-0.39, 0.29) is 11.9 Å². The van der Waals surface area contributed by atoms with Gasteiger partial charge in [-0.3, -0.25) is 4.79 Å². The molecule has 0 aliphatic rings. The first-order valence-electron chi connectivity index (χ1n) is 6.72. The van der Waals surface area contributed by atoms with Crippen LogP contribution in [0.5, 0.6) is 0 Å². The topological polar surface area (TPSA) is 52.3 Å². The standard InChI is InChI=1S/C16H25NO2/c1-11-6-7-12(2)13(8-11)9-14(10-17)15(18)19-16(3,4)5/h6-8,14H,9-10,17H2,1-5H3. The van der Waals surface area contributed by atoms with Crippen LogP contribution in [0, 0.1) is 19.8 Å². The van der Waals surface area contributed by atoms with Crippen LogP contribution in [0.1, 0.15) is 37.5 Å². The minimum absolute atomic E-state index is 0.212. The Kier molecular flexibility index (Phi) is 5.12. The van der Waals surface area contributed by atoms with Crippen molar-refractivity contribution in [3.63, 3.8) is 0 Å². The summed E-state index contributed by atoms with van der Waals surface area (Å²) in [6, 6.07) is 6.26. The van der Waals surface area contributed by atoms with Gasteiger partial charge in [-0.1, -0.05) is 23.8 Å². The Balaban J connectivity index is 2.82. The molecular formula is C16H25NO2. The molecule has 1 rings (SSSR count). The minimum Gasteiger partial charge on any atom is -0.460 e. The van der Waals surface area contributed by atoms with E-state index in [2.05, 4.69) is 25.1 Å². The van der Waals surface area contributed by atoms with Crippen molar-refractivity contribution < 1.29 is 9.53 Å². The maximum absolute atomic E-state index is 12.1.